The predicted molar refractivity (Wildman–Crippen MR) is 75.9 cm³/mol. The summed E-state index contributed by atoms with van der Waals surface area (Å²) in [5.74, 6) is 1.18. The van der Waals surface area contributed by atoms with E-state index in [0.29, 0.717) is 4.90 Å². The number of carbonyl (C=O) groups is 1. The number of hydrogen-bond donors (Lipinski definition) is 0. The Kier molecular flexibility index (Phi) is 5.14. The topological polar surface area (TPSA) is 43.4 Å². The van der Waals surface area contributed by atoms with E-state index in [4.69, 9.17) is 4.74 Å². The number of carbonyl (C=O) groups excluding carboxylic acids is 1. The molecular formula is C15H20O3S. The maximum atomic E-state index is 12.1. The van der Waals surface area contributed by atoms with E-state index in [2.05, 4.69) is 0 Å². The molecule has 0 aliphatic heterocycles. The normalized spacial score (nSPS) is 17.9. The second-order valence-electron chi connectivity index (χ2n) is 4.97. The zero-order valence-electron chi connectivity index (χ0n) is 11.3. The van der Waals surface area contributed by atoms with Crippen LogP contribution in [0.4, 0.5) is 0 Å². The van der Waals surface area contributed by atoms with Crippen molar-refractivity contribution in [2.75, 3.05) is 12.9 Å². The van der Waals surface area contributed by atoms with Crippen LogP contribution in [-0.4, -0.2) is 22.9 Å². The lowest BCUT2D eigenvalue weighted by Crippen LogP contribution is -2.23. The van der Waals surface area contributed by atoms with Crippen molar-refractivity contribution in [3.8, 4) is 5.75 Å². The Morgan fingerprint density at radius 3 is 2.42 bits per heavy atom. The van der Waals surface area contributed by atoms with Gasteiger partial charge in [-0.05, 0) is 37.1 Å². The second kappa shape index (κ2) is 6.85. The minimum atomic E-state index is -1.23. The molecule has 0 radical (unpaired) electrons. The molecule has 0 heterocycles. The van der Waals surface area contributed by atoms with Gasteiger partial charge in [-0.25, -0.2) is 0 Å². The van der Waals surface area contributed by atoms with E-state index in [1.54, 1.807) is 31.4 Å². The lowest BCUT2D eigenvalue weighted by molar-refractivity contribution is -0.121. The van der Waals surface area contributed by atoms with Crippen molar-refractivity contribution < 1.29 is 13.7 Å². The molecule has 1 saturated carbocycles. The Hall–Kier alpha value is -1.16. The number of rotatable bonds is 5. The average Bonchev–Trinajstić information content (AvgIpc) is 2.48. The van der Waals surface area contributed by atoms with Gasteiger partial charge in [-0.3, -0.25) is 9.00 Å². The first-order chi connectivity index (χ1) is 9.20. The first kappa shape index (κ1) is 14.3. The third kappa shape index (κ3) is 3.90. The van der Waals surface area contributed by atoms with E-state index in [1.807, 2.05) is 0 Å². The van der Waals surface area contributed by atoms with E-state index >= 15 is 0 Å². The highest BCUT2D eigenvalue weighted by Gasteiger charge is 2.22. The molecule has 0 spiro atoms. The minimum absolute atomic E-state index is 0.135. The van der Waals surface area contributed by atoms with Gasteiger partial charge in [0.25, 0.3) is 0 Å². The second-order valence-corrected chi connectivity index (χ2v) is 6.42. The van der Waals surface area contributed by atoms with Crippen molar-refractivity contribution in [1.29, 1.82) is 0 Å². The summed E-state index contributed by atoms with van der Waals surface area (Å²) in [5.41, 5.74) is 0. The molecule has 2 rings (SSSR count). The van der Waals surface area contributed by atoms with Gasteiger partial charge < -0.3 is 4.74 Å². The third-order valence-corrected chi connectivity index (χ3v) is 5.00. The van der Waals surface area contributed by atoms with Crippen LogP contribution in [0.3, 0.4) is 0 Å². The molecule has 0 bridgehead atoms. The van der Waals surface area contributed by atoms with Crippen LogP contribution < -0.4 is 4.74 Å². The van der Waals surface area contributed by atoms with E-state index in [0.717, 1.165) is 31.4 Å². The molecule has 1 aliphatic rings. The Labute approximate surface area is 116 Å². The highest BCUT2D eigenvalue weighted by Crippen LogP contribution is 2.25. The first-order valence-electron chi connectivity index (χ1n) is 6.76. The highest BCUT2D eigenvalue weighted by molar-refractivity contribution is 7.85. The maximum absolute atomic E-state index is 12.1. The maximum Gasteiger partial charge on any atom is 0.148 e. The minimum Gasteiger partial charge on any atom is -0.497 e. The predicted octanol–water partition coefficient (Wildman–Crippen LogP) is 2.95. The van der Waals surface area contributed by atoms with Gasteiger partial charge in [-0.2, -0.15) is 0 Å². The van der Waals surface area contributed by atoms with E-state index in [-0.39, 0.29) is 17.5 Å². The fraction of sp³-hybridized carbons (Fsp3) is 0.533. The highest BCUT2D eigenvalue weighted by atomic mass is 32.2. The summed E-state index contributed by atoms with van der Waals surface area (Å²) in [6.07, 6.45) is 5.43. The van der Waals surface area contributed by atoms with Crippen LogP contribution in [0.15, 0.2) is 29.2 Å². The largest absolute Gasteiger partial charge is 0.497 e. The van der Waals surface area contributed by atoms with Crippen LogP contribution in [-0.2, 0) is 15.6 Å². The molecule has 0 N–H and O–H groups in total. The zero-order valence-corrected chi connectivity index (χ0v) is 12.1. The zero-order chi connectivity index (χ0) is 13.7. The smallest absolute Gasteiger partial charge is 0.148 e. The standard InChI is InChI=1S/C15H20O3S/c1-18-13-7-9-14(10-8-13)19(17)11-15(16)12-5-3-2-4-6-12/h7-10,12H,2-6,11H2,1H3. The number of ether oxygens (including phenoxy) is 1. The molecule has 19 heavy (non-hydrogen) atoms. The van der Waals surface area contributed by atoms with Gasteiger partial charge in [0.1, 0.15) is 11.5 Å². The molecule has 1 fully saturated rings. The van der Waals surface area contributed by atoms with Gasteiger partial charge >= 0.3 is 0 Å². The van der Waals surface area contributed by atoms with Crippen molar-refractivity contribution in [2.24, 2.45) is 5.92 Å². The van der Waals surface area contributed by atoms with Gasteiger partial charge in [0.15, 0.2) is 0 Å². The molecule has 1 aromatic carbocycles. The summed E-state index contributed by atoms with van der Waals surface area (Å²) in [4.78, 5) is 12.8. The van der Waals surface area contributed by atoms with Gasteiger partial charge in [0.05, 0.1) is 23.7 Å². The Bertz CT molecular complexity index is 447. The van der Waals surface area contributed by atoms with E-state index < -0.39 is 10.8 Å². The fourth-order valence-corrected chi connectivity index (χ4v) is 3.58. The first-order valence-corrected chi connectivity index (χ1v) is 8.07. The molecule has 0 amide bonds. The molecule has 4 heteroatoms. The quantitative estimate of drug-likeness (QED) is 0.833. The summed E-state index contributed by atoms with van der Waals surface area (Å²) in [7, 11) is 0.365. The van der Waals surface area contributed by atoms with Crippen molar-refractivity contribution in [2.45, 2.75) is 37.0 Å². The van der Waals surface area contributed by atoms with Crippen LogP contribution in [0.5, 0.6) is 5.75 Å². The Morgan fingerprint density at radius 1 is 1.21 bits per heavy atom. The number of hydrogen-bond acceptors (Lipinski definition) is 3. The van der Waals surface area contributed by atoms with Gasteiger partial charge in [0.2, 0.25) is 0 Å². The lowest BCUT2D eigenvalue weighted by atomic mass is 9.87. The van der Waals surface area contributed by atoms with Crippen LogP contribution in [0.2, 0.25) is 0 Å². The Morgan fingerprint density at radius 2 is 1.84 bits per heavy atom. The Balaban J connectivity index is 1.93. The number of ketones is 1. The molecule has 0 saturated heterocycles. The van der Waals surface area contributed by atoms with Crippen molar-refractivity contribution in [3.63, 3.8) is 0 Å². The molecule has 1 aromatic rings. The van der Waals surface area contributed by atoms with Crippen molar-refractivity contribution in [1.82, 2.24) is 0 Å². The van der Waals surface area contributed by atoms with Crippen LogP contribution >= 0.6 is 0 Å². The molecular weight excluding hydrogens is 260 g/mol. The van der Waals surface area contributed by atoms with Crippen molar-refractivity contribution in [3.05, 3.63) is 24.3 Å². The monoisotopic (exact) mass is 280 g/mol. The van der Waals surface area contributed by atoms with Gasteiger partial charge in [-0.1, -0.05) is 19.3 Å². The molecule has 1 aliphatic carbocycles. The van der Waals surface area contributed by atoms with Crippen LogP contribution in [0, 0.1) is 5.92 Å². The average molecular weight is 280 g/mol. The summed E-state index contributed by atoms with van der Waals surface area (Å²) in [5, 5.41) is 0. The lowest BCUT2D eigenvalue weighted by Gasteiger charge is -2.19. The molecule has 3 nitrogen and oxygen atoms in total. The fourth-order valence-electron chi connectivity index (χ4n) is 2.48. The van der Waals surface area contributed by atoms with E-state index in [9.17, 15) is 9.00 Å². The molecule has 1 atom stereocenters. The van der Waals surface area contributed by atoms with Crippen LogP contribution in [0.25, 0.3) is 0 Å². The van der Waals surface area contributed by atoms with E-state index in [1.165, 1.54) is 6.42 Å². The summed E-state index contributed by atoms with van der Waals surface area (Å²) >= 11 is 0. The van der Waals surface area contributed by atoms with Crippen LogP contribution in [0.1, 0.15) is 32.1 Å². The number of methoxy groups -OCH3 is 1. The summed E-state index contributed by atoms with van der Waals surface area (Å²) < 4.78 is 17.2. The summed E-state index contributed by atoms with van der Waals surface area (Å²) in [6.45, 7) is 0. The van der Waals surface area contributed by atoms with Gasteiger partial charge in [-0.15, -0.1) is 0 Å². The van der Waals surface area contributed by atoms with Gasteiger partial charge in [0, 0.05) is 10.8 Å². The number of Topliss-reactive ketones (excluding diaryl/α,β-unsaturated/α-hetero) is 1. The summed E-state index contributed by atoms with van der Waals surface area (Å²) in [6, 6.07) is 7.09. The molecule has 1 unspecified atom stereocenters. The molecule has 104 valence electrons. The van der Waals surface area contributed by atoms with Crippen molar-refractivity contribution >= 4 is 16.6 Å². The SMILES string of the molecule is COc1ccc(S(=O)CC(=O)C2CCCCC2)cc1. The third-order valence-electron chi connectivity index (χ3n) is 3.66. The molecule has 0 aromatic heterocycles. The number of benzene rings is 1.